The summed E-state index contributed by atoms with van der Waals surface area (Å²) < 4.78 is 53.1. The minimum Gasteiger partial charge on any atom is -0.467 e. The normalized spacial score (nSPS) is 11.7. The second-order valence-corrected chi connectivity index (χ2v) is 11.2. The van der Waals surface area contributed by atoms with Crippen molar-refractivity contribution in [1.29, 1.82) is 0 Å². The highest BCUT2D eigenvalue weighted by Crippen LogP contribution is 2.29. The van der Waals surface area contributed by atoms with Crippen molar-refractivity contribution in [2.24, 2.45) is 0 Å². The molecule has 186 valence electrons. The molecule has 2 aromatic carbocycles. The molecule has 1 atom stereocenters. The standard InChI is InChI=1S/C23H26N3O7PS/c1-4-11-31-16-32-19-12-17(23(27)24-22-9-10-26(25-22)15-34(2)28)13-20(14-19)33-18-5-7-21(8-6-18)35(3,29)30/h5-10,12-14H,4,11,15-16H2,1-3H3/p+1. The van der Waals surface area contributed by atoms with E-state index in [1.165, 1.54) is 35.0 Å². The molecule has 0 saturated heterocycles. The number of nitrogens with one attached hydrogen (secondary N) is 1. The van der Waals surface area contributed by atoms with Crippen molar-refractivity contribution in [2.45, 2.75) is 24.5 Å². The average Bonchev–Trinajstić information content (AvgIpc) is 3.22. The van der Waals surface area contributed by atoms with E-state index in [1.54, 1.807) is 31.1 Å². The molecule has 1 amide bonds. The fraction of sp³-hybridized carbons (Fsp3) is 0.304. The van der Waals surface area contributed by atoms with Crippen LogP contribution >= 0.6 is 7.80 Å². The zero-order valence-corrected chi connectivity index (χ0v) is 21.3. The number of sulfone groups is 1. The van der Waals surface area contributed by atoms with E-state index in [4.69, 9.17) is 14.2 Å². The van der Waals surface area contributed by atoms with Crippen LogP contribution in [0.5, 0.6) is 17.2 Å². The van der Waals surface area contributed by atoms with Gasteiger partial charge in [-0.2, -0.15) is 5.10 Å². The number of hydrogen-bond acceptors (Lipinski definition) is 8. The van der Waals surface area contributed by atoms with Crippen molar-refractivity contribution in [3.05, 3.63) is 60.3 Å². The molecule has 3 aromatic rings. The van der Waals surface area contributed by atoms with Gasteiger partial charge < -0.3 is 19.5 Å². The van der Waals surface area contributed by atoms with Gasteiger partial charge in [-0.3, -0.25) is 4.79 Å². The second-order valence-electron chi connectivity index (χ2n) is 7.67. The summed E-state index contributed by atoms with van der Waals surface area (Å²) in [6, 6.07) is 12.2. The first-order valence-electron chi connectivity index (χ1n) is 10.7. The third-order valence-electron chi connectivity index (χ3n) is 4.51. The Morgan fingerprint density at radius 1 is 1.09 bits per heavy atom. The van der Waals surface area contributed by atoms with Gasteiger partial charge in [0.1, 0.15) is 23.9 Å². The highest BCUT2D eigenvalue weighted by atomic mass is 32.2. The summed E-state index contributed by atoms with van der Waals surface area (Å²) in [5.74, 6) is 0.904. The third-order valence-corrected chi connectivity index (χ3v) is 6.33. The number of aromatic nitrogens is 2. The molecule has 35 heavy (non-hydrogen) atoms. The maximum absolute atomic E-state index is 12.9. The van der Waals surface area contributed by atoms with Gasteiger partial charge in [-0.25, -0.2) is 13.1 Å². The maximum Gasteiger partial charge on any atom is 0.358 e. The van der Waals surface area contributed by atoms with Gasteiger partial charge in [0.2, 0.25) is 6.29 Å². The highest BCUT2D eigenvalue weighted by Gasteiger charge is 2.15. The molecule has 0 aliphatic rings. The van der Waals surface area contributed by atoms with Crippen LogP contribution in [-0.4, -0.2) is 50.4 Å². The van der Waals surface area contributed by atoms with Crippen LogP contribution in [0, 0.1) is 0 Å². The van der Waals surface area contributed by atoms with E-state index in [2.05, 4.69) is 10.4 Å². The van der Waals surface area contributed by atoms with Crippen LogP contribution in [0.15, 0.2) is 59.6 Å². The molecule has 0 aliphatic heterocycles. The zero-order valence-electron chi connectivity index (χ0n) is 19.6. The lowest BCUT2D eigenvalue weighted by Crippen LogP contribution is -2.13. The summed E-state index contributed by atoms with van der Waals surface area (Å²) in [6.07, 6.45) is 3.84. The maximum atomic E-state index is 12.9. The quantitative estimate of drug-likeness (QED) is 0.210. The van der Waals surface area contributed by atoms with Gasteiger partial charge in [-0.15, -0.1) is 0 Å². The van der Waals surface area contributed by atoms with E-state index in [0.29, 0.717) is 29.7 Å². The monoisotopic (exact) mass is 520 g/mol. The van der Waals surface area contributed by atoms with E-state index in [0.717, 1.165) is 12.7 Å². The van der Waals surface area contributed by atoms with Crippen molar-refractivity contribution < 1.29 is 32.0 Å². The first-order valence-corrected chi connectivity index (χ1v) is 14.5. The molecule has 0 fully saturated rings. The summed E-state index contributed by atoms with van der Waals surface area (Å²) in [7, 11) is -4.75. The van der Waals surface area contributed by atoms with Crippen LogP contribution in [0.3, 0.4) is 0 Å². The van der Waals surface area contributed by atoms with Crippen LogP contribution in [-0.2, 0) is 25.4 Å². The number of ether oxygens (including phenoxy) is 3. The molecular weight excluding hydrogens is 493 g/mol. The fourth-order valence-corrected chi connectivity index (χ4v) is 4.14. The smallest absolute Gasteiger partial charge is 0.358 e. The molecule has 12 heteroatoms. The van der Waals surface area contributed by atoms with Crippen molar-refractivity contribution in [3.8, 4) is 17.2 Å². The number of anilines is 1. The molecule has 1 N–H and O–H groups in total. The van der Waals surface area contributed by atoms with Gasteiger partial charge in [0.25, 0.3) is 5.91 Å². The number of hydrogen-bond donors (Lipinski definition) is 1. The summed E-state index contributed by atoms with van der Waals surface area (Å²) in [5, 5.41) is 6.89. The largest absolute Gasteiger partial charge is 0.467 e. The van der Waals surface area contributed by atoms with Crippen LogP contribution in [0.25, 0.3) is 0 Å². The molecule has 0 bridgehead atoms. The number of benzene rings is 2. The van der Waals surface area contributed by atoms with Gasteiger partial charge in [-0.1, -0.05) is 11.5 Å². The number of amides is 1. The zero-order chi connectivity index (χ0) is 25.4. The lowest BCUT2D eigenvalue weighted by Gasteiger charge is -2.12. The number of carbonyl (C=O) groups is 1. The van der Waals surface area contributed by atoms with Gasteiger partial charge in [0.05, 0.1) is 11.5 Å². The number of rotatable bonds is 12. The van der Waals surface area contributed by atoms with E-state index in [-0.39, 0.29) is 23.5 Å². The summed E-state index contributed by atoms with van der Waals surface area (Å²) >= 11 is 0. The van der Waals surface area contributed by atoms with Gasteiger partial charge in [-0.05, 0) is 42.8 Å². The average molecular weight is 521 g/mol. The summed E-state index contributed by atoms with van der Waals surface area (Å²) in [4.78, 5) is 13.1. The summed E-state index contributed by atoms with van der Waals surface area (Å²) in [5.41, 5.74) is 0.247. The van der Waals surface area contributed by atoms with E-state index in [9.17, 15) is 17.8 Å². The minimum atomic E-state index is -3.33. The molecular formula is C23H27N3O7PS+. The predicted octanol–water partition coefficient (Wildman–Crippen LogP) is 4.51. The lowest BCUT2D eigenvalue weighted by molar-refractivity contribution is 0.0155. The minimum absolute atomic E-state index is 0.00100. The number of nitrogens with zero attached hydrogens (tertiary/aromatic N) is 2. The number of carbonyl (C=O) groups excluding carboxylic acids is 1. The van der Waals surface area contributed by atoms with Crippen LogP contribution < -0.4 is 14.8 Å². The Morgan fingerprint density at radius 3 is 2.46 bits per heavy atom. The Kier molecular flexibility index (Phi) is 8.97. The molecule has 1 heterocycles. The van der Waals surface area contributed by atoms with Crippen LogP contribution in [0.4, 0.5) is 5.82 Å². The molecule has 0 radical (unpaired) electrons. The van der Waals surface area contributed by atoms with E-state index < -0.39 is 23.5 Å². The van der Waals surface area contributed by atoms with Crippen molar-refractivity contribution >= 4 is 29.4 Å². The van der Waals surface area contributed by atoms with Crippen LogP contribution in [0.1, 0.15) is 23.7 Å². The second kappa shape index (κ2) is 11.9. The molecule has 3 rings (SSSR count). The predicted molar refractivity (Wildman–Crippen MR) is 132 cm³/mol. The topological polar surface area (TPSA) is 126 Å². The first kappa shape index (κ1) is 26.3. The highest BCUT2D eigenvalue weighted by molar-refractivity contribution is 7.90. The Bertz CT molecular complexity index is 1290. The fourth-order valence-electron chi connectivity index (χ4n) is 2.95. The molecule has 1 unspecified atom stereocenters. The molecule has 10 nitrogen and oxygen atoms in total. The summed E-state index contributed by atoms with van der Waals surface area (Å²) in [6.45, 7) is 4.11. The molecule has 0 saturated carbocycles. The van der Waals surface area contributed by atoms with E-state index >= 15 is 0 Å². The van der Waals surface area contributed by atoms with Crippen LogP contribution in [0.2, 0.25) is 0 Å². The third kappa shape index (κ3) is 8.17. The van der Waals surface area contributed by atoms with Gasteiger partial charge >= 0.3 is 7.80 Å². The van der Waals surface area contributed by atoms with Gasteiger partial charge in [0.15, 0.2) is 22.4 Å². The van der Waals surface area contributed by atoms with Gasteiger partial charge in [0, 0.05) is 30.1 Å². The SMILES string of the molecule is CCCOCOc1cc(Oc2ccc(S(C)(=O)=O)cc2)cc(C(=O)Nc2ccn(C[P+](C)=O)n2)c1. The van der Waals surface area contributed by atoms with Crippen molar-refractivity contribution in [3.63, 3.8) is 0 Å². The Hall–Kier alpha value is -3.27. The van der Waals surface area contributed by atoms with E-state index in [1.807, 2.05) is 6.92 Å². The molecule has 0 spiro atoms. The Morgan fingerprint density at radius 2 is 1.80 bits per heavy atom. The molecule has 0 aliphatic carbocycles. The van der Waals surface area contributed by atoms with Crippen molar-refractivity contribution in [2.75, 3.05) is 31.6 Å². The Balaban J connectivity index is 1.81. The lowest BCUT2D eigenvalue weighted by atomic mass is 10.2. The first-order chi connectivity index (χ1) is 16.6. The molecule has 1 aromatic heterocycles. The van der Waals surface area contributed by atoms with Crippen molar-refractivity contribution in [1.82, 2.24) is 9.78 Å². The Labute approximate surface area is 204 Å².